The van der Waals surface area contributed by atoms with Gasteiger partial charge >= 0.3 is 17.9 Å². The van der Waals surface area contributed by atoms with Gasteiger partial charge in [-0.1, -0.05) is 17.3 Å². The molecule has 0 aliphatic carbocycles. The zero-order chi connectivity index (χ0) is 24.2. The molecule has 0 N–H and O–H groups in total. The van der Waals surface area contributed by atoms with Crippen LogP contribution in [-0.4, -0.2) is 62.2 Å². The van der Waals surface area contributed by atoms with E-state index in [4.69, 9.17) is 28.5 Å². The number of aromatic nitrogens is 2. The second-order valence-corrected chi connectivity index (χ2v) is 6.13. The number of benzene rings is 1. The Labute approximate surface area is 190 Å². The Kier molecular flexibility index (Phi) is 9.62. The Hall–Kier alpha value is -4.15. The molecule has 11 nitrogen and oxygen atoms in total. The largest absolute Gasteiger partial charge is 0.481 e. The summed E-state index contributed by atoms with van der Waals surface area (Å²) < 4.78 is 26.1. The van der Waals surface area contributed by atoms with Gasteiger partial charge in [-0.05, 0) is 26.0 Å². The third-order valence-corrected chi connectivity index (χ3v) is 3.98. The Morgan fingerprint density at radius 3 is 2.36 bits per heavy atom. The maximum absolute atomic E-state index is 13.0. The molecule has 0 radical (unpaired) electrons. The lowest BCUT2D eigenvalue weighted by Gasteiger charge is -2.14. The molecule has 1 aromatic heterocycles. The lowest BCUT2D eigenvalue weighted by Crippen LogP contribution is -2.13. The number of hydrogen-bond donors (Lipinski definition) is 0. The highest BCUT2D eigenvalue weighted by atomic mass is 16.6. The molecule has 0 amide bonds. The van der Waals surface area contributed by atoms with Gasteiger partial charge in [-0.3, -0.25) is 0 Å². The summed E-state index contributed by atoms with van der Waals surface area (Å²) in [5.74, 6) is -0.746. The highest BCUT2D eigenvalue weighted by molar-refractivity contribution is 6.09. The molecule has 0 saturated heterocycles. The summed E-state index contributed by atoms with van der Waals surface area (Å²) in [6, 6.07) is 6.23. The molecule has 0 bridgehead atoms. The Bertz CT molecular complexity index is 1010. The van der Waals surface area contributed by atoms with Gasteiger partial charge in [-0.25, -0.2) is 9.59 Å². The van der Waals surface area contributed by atoms with E-state index in [1.54, 1.807) is 32.0 Å². The van der Waals surface area contributed by atoms with Crippen LogP contribution in [0.1, 0.15) is 29.8 Å². The molecule has 2 aromatic rings. The predicted octanol–water partition coefficient (Wildman–Crippen LogP) is 2.93. The van der Waals surface area contributed by atoms with Crippen molar-refractivity contribution in [3.8, 4) is 23.5 Å². The first-order chi connectivity index (χ1) is 15.9. The number of carbonyl (C=O) groups excluding carboxylic acids is 2. The van der Waals surface area contributed by atoms with Gasteiger partial charge in [-0.15, -0.1) is 0 Å². The highest BCUT2D eigenvalue weighted by Crippen LogP contribution is 2.29. The molecule has 11 heteroatoms. The van der Waals surface area contributed by atoms with Crippen LogP contribution in [-0.2, 0) is 19.1 Å². The van der Waals surface area contributed by atoms with Crippen molar-refractivity contribution < 1.29 is 38.1 Å². The molecule has 1 heterocycles. The van der Waals surface area contributed by atoms with Gasteiger partial charge in [0.15, 0.2) is 0 Å². The van der Waals surface area contributed by atoms with Crippen molar-refractivity contribution in [3.63, 3.8) is 0 Å². The summed E-state index contributed by atoms with van der Waals surface area (Å²) in [7, 11) is 4.26. The maximum Gasteiger partial charge on any atom is 0.342 e. The van der Waals surface area contributed by atoms with Crippen LogP contribution >= 0.6 is 0 Å². The summed E-state index contributed by atoms with van der Waals surface area (Å²) in [5.41, 5.74) is 0.871. The Balaban J connectivity index is 2.39. The normalized spacial score (nSPS) is 11.1. The summed E-state index contributed by atoms with van der Waals surface area (Å²) in [6.07, 6.45) is 2.54. The number of hydrogen-bond acceptors (Lipinski definition) is 11. The molecule has 2 rings (SSSR count). The van der Waals surface area contributed by atoms with Gasteiger partial charge in [0.2, 0.25) is 11.8 Å². The fourth-order valence-corrected chi connectivity index (χ4v) is 2.58. The smallest absolute Gasteiger partial charge is 0.342 e. The van der Waals surface area contributed by atoms with Crippen LogP contribution in [0.3, 0.4) is 0 Å². The van der Waals surface area contributed by atoms with Crippen LogP contribution < -0.4 is 14.2 Å². The van der Waals surface area contributed by atoms with Crippen molar-refractivity contribution in [2.75, 3.05) is 34.5 Å². The van der Waals surface area contributed by atoms with Crippen molar-refractivity contribution in [1.82, 2.24) is 9.97 Å². The maximum atomic E-state index is 13.0. The quantitative estimate of drug-likeness (QED) is 0.214. The van der Waals surface area contributed by atoms with Gasteiger partial charge in [0, 0.05) is 11.6 Å². The van der Waals surface area contributed by atoms with Crippen LogP contribution in [0.15, 0.2) is 41.6 Å². The number of ether oxygens (including phenoxy) is 5. The molecule has 0 unspecified atom stereocenters. The molecule has 0 fully saturated rings. The van der Waals surface area contributed by atoms with Gasteiger partial charge in [-0.2, -0.15) is 9.97 Å². The minimum absolute atomic E-state index is 0.0609. The lowest BCUT2D eigenvalue weighted by molar-refractivity contribution is -0.137. The minimum Gasteiger partial charge on any atom is -0.481 e. The topological polar surface area (TPSA) is 128 Å². The second-order valence-electron chi connectivity index (χ2n) is 6.13. The van der Waals surface area contributed by atoms with Crippen molar-refractivity contribution >= 4 is 17.7 Å². The third-order valence-electron chi connectivity index (χ3n) is 3.98. The second kappa shape index (κ2) is 12.6. The molecule has 0 saturated carbocycles. The lowest BCUT2D eigenvalue weighted by atomic mass is 10.0. The van der Waals surface area contributed by atoms with Gasteiger partial charge < -0.3 is 28.5 Å². The van der Waals surface area contributed by atoms with E-state index in [9.17, 15) is 9.59 Å². The third kappa shape index (κ3) is 7.20. The first-order valence-corrected chi connectivity index (χ1v) is 9.79. The molecule has 0 spiro atoms. The summed E-state index contributed by atoms with van der Waals surface area (Å²) in [6.45, 7) is 3.42. The van der Waals surface area contributed by atoms with Crippen molar-refractivity contribution in [2.45, 2.75) is 13.8 Å². The number of methoxy groups -OCH3 is 2. The van der Waals surface area contributed by atoms with E-state index in [-0.39, 0.29) is 42.3 Å². The number of esters is 2. The minimum atomic E-state index is -0.727. The fourth-order valence-electron chi connectivity index (χ4n) is 2.58. The van der Waals surface area contributed by atoms with E-state index >= 15 is 0 Å². The summed E-state index contributed by atoms with van der Waals surface area (Å²) >= 11 is 0. The number of oxime groups is 1. The van der Waals surface area contributed by atoms with Crippen molar-refractivity contribution in [1.29, 1.82) is 0 Å². The SMILES string of the molecule is CCOC(=O)/C=C/COC(=O)c1c(Oc2nc(OC)cc(OC)n2)cccc1/C(C)=N\OC. The molecule has 33 heavy (non-hydrogen) atoms. The van der Waals surface area contributed by atoms with Crippen LogP contribution in [0.4, 0.5) is 0 Å². The molecular weight excluding hydrogens is 434 g/mol. The zero-order valence-electron chi connectivity index (χ0n) is 19.0. The first kappa shape index (κ1) is 25.1. The standard InChI is InChI=1S/C22H25N3O8/c1-6-31-19(26)11-8-12-32-21(27)20-15(14(2)25-30-5)9-7-10-16(20)33-22-23-17(28-3)13-18(24-22)29-4/h7-11,13H,6,12H2,1-5H3/b11-8+,25-14-. The van der Waals surface area contributed by atoms with E-state index in [0.29, 0.717) is 11.3 Å². The molecular formula is C22H25N3O8. The fraction of sp³-hybridized carbons (Fsp3) is 0.318. The van der Waals surface area contributed by atoms with Crippen LogP contribution in [0, 0.1) is 0 Å². The van der Waals surface area contributed by atoms with E-state index < -0.39 is 11.9 Å². The average Bonchev–Trinajstić information content (AvgIpc) is 2.81. The van der Waals surface area contributed by atoms with Crippen LogP contribution in [0.25, 0.3) is 0 Å². The summed E-state index contributed by atoms with van der Waals surface area (Å²) in [4.78, 5) is 37.4. The number of nitrogens with zero attached hydrogens (tertiary/aromatic N) is 3. The molecule has 1 aromatic carbocycles. The van der Waals surface area contributed by atoms with E-state index in [1.165, 1.54) is 39.5 Å². The molecule has 0 aliphatic rings. The monoisotopic (exact) mass is 459 g/mol. The average molecular weight is 459 g/mol. The number of carbonyl (C=O) groups is 2. The Morgan fingerprint density at radius 2 is 1.76 bits per heavy atom. The number of rotatable bonds is 11. The predicted molar refractivity (Wildman–Crippen MR) is 117 cm³/mol. The molecule has 0 atom stereocenters. The highest BCUT2D eigenvalue weighted by Gasteiger charge is 2.22. The molecule has 176 valence electrons. The van der Waals surface area contributed by atoms with Gasteiger partial charge in [0.05, 0.1) is 32.6 Å². The Morgan fingerprint density at radius 1 is 1.06 bits per heavy atom. The van der Waals surface area contributed by atoms with Crippen LogP contribution in [0.5, 0.6) is 23.5 Å². The van der Waals surface area contributed by atoms with E-state index in [1.807, 2.05) is 0 Å². The van der Waals surface area contributed by atoms with Crippen molar-refractivity contribution in [2.24, 2.45) is 5.16 Å². The van der Waals surface area contributed by atoms with E-state index in [0.717, 1.165) is 0 Å². The van der Waals surface area contributed by atoms with E-state index in [2.05, 4.69) is 15.1 Å². The van der Waals surface area contributed by atoms with Crippen molar-refractivity contribution in [3.05, 3.63) is 47.5 Å². The van der Waals surface area contributed by atoms with Crippen LogP contribution in [0.2, 0.25) is 0 Å². The zero-order valence-corrected chi connectivity index (χ0v) is 19.0. The van der Waals surface area contributed by atoms with Gasteiger partial charge in [0.25, 0.3) is 0 Å². The summed E-state index contributed by atoms with van der Waals surface area (Å²) in [5, 5.41) is 3.89. The first-order valence-electron chi connectivity index (χ1n) is 9.79. The molecule has 0 aliphatic heterocycles. The van der Waals surface area contributed by atoms with Gasteiger partial charge in [0.1, 0.15) is 25.0 Å².